The van der Waals surface area contributed by atoms with E-state index in [2.05, 4.69) is 19.2 Å². The number of nitrogens with one attached hydrogen (secondary N) is 1. The Hall–Kier alpha value is -1.47. The van der Waals surface area contributed by atoms with E-state index in [0.29, 0.717) is 12.6 Å². The quantitative estimate of drug-likeness (QED) is 0.642. The lowest BCUT2D eigenvalue weighted by Crippen LogP contribution is -2.51. The molecule has 1 aliphatic rings. The van der Waals surface area contributed by atoms with Crippen LogP contribution in [0.3, 0.4) is 0 Å². The fourth-order valence-electron chi connectivity index (χ4n) is 2.50. The summed E-state index contributed by atoms with van der Waals surface area (Å²) in [5, 5.41) is 13.8. The zero-order valence-electron chi connectivity index (χ0n) is 12.2. The Morgan fingerprint density at radius 1 is 1.33 bits per heavy atom. The van der Waals surface area contributed by atoms with Crippen molar-refractivity contribution in [1.82, 2.24) is 5.32 Å². The first kappa shape index (κ1) is 15.9. The third kappa shape index (κ3) is 3.59. The first-order valence-corrected chi connectivity index (χ1v) is 8.58. The fraction of sp³-hybridized carbons (Fsp3) is 0.571. The molecule has 1 aromatic carbocycles. The highest BCUT2D eigenvalue weighted by Gasteiger charge is 2.37. The number of rotatable bonds is 6. The van der Waals surface area contributed by atoms with E-state index in [1.54, 1.807) is 0 Å². The van der Waals surface area contributed by atoms with E-state index in [4.69, 9.17) is 0 Å². The average Bonchev–Trinajstić information content (AvgIpc) is 2.42. The molecule has 1 N–H and O–H groups in total. The lowest BCUT2D eigenvalue weighted by Gasteiger charge is -2.45. The number of nitro benzene ring substituents is 1. The van der Waals surface area contributed by atoms with E-state index in [1.807, 2.05) is 0 Å². The molecule has 6 nitrogen and oxygen atoms in total. The van der Waals surface area contributed by atoms with Gasteiger partial charge in [-0.05, 0) is 30.4 Å². The van der Waals surface area contributed by atoms with Crippen LogP contribution in [0.15, 0.2) is 29.2 Å². The van der Waals surface area contributed by atoms with Crippen LogP contribution in [0.2, 0.25) is 0 Å². The number of nitro groups is 1. The summed E-state index contributed by atoms with van der Waals surface area (Å²) in [7, 11) is -3.40. The summed E-state index contributed by atoms with van der Waals surface area (Å²) in [6, 6.07) is 5.39. The SMILES string of the molecule is CC1(C)CC[C@H]1NCCS(=O)(=O)c1ccc([N+](=O)[O-])cc1. The highest BCUT2D eigenvalue weighted by Crippen LogP contribution is 2.39. The number of hydrogen-bond donors (Lipinski definition) is 1. The van der Waals surface area contributed by atoms with E-state index >= 15 is 0 Å². The number of non-ortho nitro benzene ring substituents is 1. The molecule has 0 saturated heterocycles. The molecule has 0 amide bonds. The molecule has 0 aliphatic heterocycles. The predicted molar refractivity (Wildman–Crippen MR) is 80.0 cm³/mol. The summed E-state index contributed by atoms with van der Waals surface area (Å²) in [6.07, 6.45) is 2.23. The summed E-state index contributed by atoms with van der Waals surface area (Å²) in [4.78, 5) is 10.1. The second-order valence-electron chi connectivity index (χ2n) is 6.10. The Morgan fingerprint density at radius 2 is 1.95 bits per heavy atom. The number of nitrogens with zero attached hydrogens (tertiary/aromatic N) is 1. The third-order valence-corrected chi connectivity index (χ3v) is 5.92. The van der Waals surface area contributed by atoms with Crippen molar-refractivity contribution >= 4 is 15.5 Å². The Morgan fingerprint density at radius 3 is 2.38 bits per heavy atom. The molecule has 1 saturated carbocycles. The maximum absolute atomic E-state index is 12.2. The number of hydrogen-bond acceptors (Lipinski definition) is 5. The smallest absolute Gasteiger partial charge is 0.269 e. The van der Waals surface area contributed by atoms with Crippen LogP contribution in [-0.2, 0) is 9.84 Å². The molecular formula is C14H20N2O4S. The van der Waals surface area contributed by atoms with Crippen LogP contribution in [0.4, 0.5) is 5.69 Å². The van der Waals surface area contributed by atoms with Crippen molar-refractivity contribution in [2.75, 3.05) is 12.3 Å². The van der Waals surface area contributed by atoms with Crippen LogP contribution >= 0.6 is 0 Å². The maximum atomic E-state index is 12.2. The van der Waals surface area contributed by atoms with Crippen molar-refractivity contribution in [2.24, 2.45) is 5.41 Å². The van der Waals surface area contributed by atoms with Gasteiger partial charge in [0.25, 0.3) is 5.69 Å². The molecule has 7 heteroatoms. The second-order valence-corrected chi connectivity index (χ2v) is 8.21. The Kier molecular flexibility index (Phi) is 4.34. The number of benzene rings is 1. The molecule has 1 atom stereocenters. The van der Waals surface area contributed by atoms with Gasteiger partial charge in [-0.25, -0.2) is 8.42 Å². The molecule has 0 heterocycles. The molecule has 1 aromatic rings. The van der Waals surface area contributed by atoms with Gasteiger partial charge in [-0.3, -0.25) is 10.1 Å². The van der Waals surface area contributed by atoms with Crippen LogP contribution in [0.5, 0.6) is 0 Å². The number of sulfone groups is 1. The van der Waals surface area contributed by atoms with Gasteiger partial charge in [-0.2, -0.15) is 0 Å². The van der Waals surface area contributed by atoms with Gasteiger partial charge in [0.2, 0.25) is 0 Å². The molecule has 116 valence electrons. The molecule has 0 aromatic heterocycles. The van der Waals surface area contributed by atoms with Crippen LogP contribution in [0.25, 0.3) is 0 Å². The first-order chi connectivity index (χ1) is 9.72. The maximum Gasteiger partial charge on any atom is 0.269 e. The van der Waals surface area contributed by atoms with Gasteiger partial charge in [-0.15, -0.1) is 0 Å². The van der Waals surface area contributed by atoms with E-state index in [9.17, 15) is 18.5 Å². The van der Waals surface area contributed by atoms with Crippen molar-refractivity contribution < 1.29 is 13.3 Å². The molecule has 0 unspecified atom stereocenters. The molecule has 0 bridgehead atoms. The zero-order valence-corrected chi connectivity index (χ0v) is 13.0. The topological polar surface area (TPSA) is 89.3 Å². The second kappa shape index (κ2) is 5.73. The minimum Gasteiger partial charge on any atom is -0.312 e. The van der Waals surface area contributed by atoms with Gasteiger partial charge >= 0.3 is 0 Å². The van der Waals surface area contributed by atoms with E-state index in [1.165, 1.54) is 24.3 Å². The largest absolute Gasteiger partial charge is 0.312 e. The van der Waals surface area contributed by atoms with E-state index in [-0.39, 0.29) is 21.8 Å². The van der Waals surface area contributed by atoms with Crippen LogP contribution in [-0.4, -0.2) is 31.7 Å². The van der Waals surface area contributed by atoms with Crippen molar-refractivity contribution in [3.05, 3.63) is 34.4 Å². The van der Waals surface area contributed by atoms with E-state index < -0.39 is 14.8 Å². The Balaban J connectivity index is 1.94. The monoisotopic (exact) mass is 312 g/mol. The minimum atomic E-state index is -3.40. The van der Waals surface area contributed by atoms with Crippen molar-refractivity contribution in [3.8, 4) is 0 Å². The minimum absolute atomic E-state index is 0.00259. The molecule has 0 spiro atoms. The summed E-state index contributed by atoms with van der Waals surface area (Å²) in [5.41, 5.74) is 0.125. The van der Waals surface area contributed by atoms with Crippen molar-refractivity contribution in [1.29, 1.82) is 0 Å². The third-order valence-electron chi connectivity index (χ3n) is 4.19. The normalized spacial score (nSPS) is 20.8. The molecule has 1 aliphatic carbocycles. The average molecular weight is 312 g/mol. The van der Waals surface area contributed by atoms with Gasteiger partial charge in [-0.1, -0.05) is 13.8 Å². The first-order valence-electron chi connectivity index (χ1n) is 6.93. The highest BCUT2D eigenvalue weighted by molar-refractivity contribution is 7.91. The molecule has 0 radical (unpaired) electrons. The Labute approximate surface area is 124 Å². The lowest BCUT2D eigenvalue weighted by molar-refractivity contribution is -0.384. The standard InChI is InChI=1S/C14H20N2O4S/c1-14(2)8-7-13(14)15-9-10-21(19,20)12-5-3-11(4-6-12)16(17)18/h3-6,13,15H,7-10H2,1-2H3/t13-/m1/s1. The molecule has 21 heavy (non-hydrogen) atoms. The van der Waals surface area contributed by atoms with Crippen molar-refractivity contribution in [3.63, 3.8) is 0 Å². The molecule has 1 fully saturated rings. The van der Waals surface area contributed by atoms with Crippen LogP contribution < -0.4 is 5.32 Å². The van der Waals surface area contributed by atoms with Gasteiger partial charge in [0.05, 0.1) is 15.6 Å². The molecule has 2 rings (SSSR count). The fourth-order valence-corrected chi connectivity index (χ4v) is 3.68. The summed E-state index contributed by atoms with van der Waals surface area (Å²) in [5.74, 6) is -0.00259. The summed E-state index contributed by atoms with van der Waals surface area (Å²) < 4.78 is 24.3. The molecular weight excluding hydrogens is 292 g/mol. The highest BCUT2D eigenvalue weighted by atomic mass is 32.2. The Bertz CT molecular complexity index is 623. The van der Waals surface area contributed by atoms with Gasteiger partial charge < -0.3 is 5.32 Å². The van der Waals surface area contributed by atoms with Gasteiger partial charge in [0.1, 0.15) is 0 Å². The van der Waals surface area contributed by atoms with Crippen LogP contribution in [0.1, 0.15) is 26.7 Å². The lowest BCUT2D eigenvalue weighted by atomic mass is 9.67. The zero-order chi connectivity index (χ0) is 15.7. The van der Waals surface area contributed by atoms with E-state index in [0.717, 1.165) is 12.8 Å². The summed E-state index contributed by atoms with van der Waals surface area (Å²) in [6.45, 7) is 4.73. The summed E-state index contributed by atoms with van der Waals surface area (Å²) >= 11 is 0. The van der Waals surface area contributed by atoms with Crippen molar-refractivity contribution in [2.45, 2.75) is 37.6 Å². The predicted octanol–water partition coefficient (Wildman–Crippen LogP) is 2.15. The van der Waals surface area contributed by atoms with Crippen LogP contribution in [0, 0.1) is 15.5 Å². The van der Waals surface area contributed by atoms with Gasteiger partial charge in [0, 0.05) is 24.7 Å². The van der Waals surface area contributed by atoms with Gasteiger partial charge in [0.15, 0.2) is 9.84 Å².